The molecule has 1 fully saturated rings. The smallest absolute Gasteiger partial charge is 0.260 e. The molecule has 1 saturated heterocycles. The summed E-state index contributed by atoms with van der Waals surface area (Å²) >= 11 is 1.41. The number of aryl methyl sites for hydroxylation is 2. The number of piperidine rings is 1. The third-order valence-electron chi connectivity index (χ3n) is 5.83. The van der Waals surface area contributed by atoms with E-state index in [1.165, 1.54) is 22.5 Å². The van der Waals surface area contributed by atoms with E-state index < -0.39 is 0 Å². The van der Waals surface area contributed by atoms with Crippen molar-refractivity contribution in [2.75, 3.05) is 25.5 Å². The van der Waals surface area contributed by atoms with Crippen LogP contribution in [-0.2, 0) is 20.0 Å². The van der Waals surface area contributed by atoms with Gasteiger partial charge in [0.25, 0.3) is 5.91 Å². The fourth-order valence-electron chi connectivity index (χ4n) is 4.17. The van der Waals surface area contributed by atoms with Crippen molar-refractivity contribution >= 4 is 22.4 Å². The average Bonchev–Trinajstić information content (AvgIpc) is 3.40. The van der Waals surface area contributed by atoms with Crippen LogP contribution in [0, 0.1) is 12.8 Å². The van der Waals surface area contributed by atoms with Gasteiger partial charge in [0.05, 0.1) is 18.4 Å². The molecule has 3 aromatic rings. The van der Waals surface area contributed by atoms with Crippen molar-refractivity contribution in [2.45, 2.75) is 32.7 Å². The van der Waals surface area contributed by atoms with Gasteiger partial charge in [0, 0.05) is 36.9 Å². The number of hydrogen-bond donors (Lipinski definition) is 1. The van der Waals surface area contributed by atoms with Crippen LogP contribution < -0.4 is 10.1 Å². The normalized spacial score (nSPS) is 15.2. The van der Waals surface area contributed by atoms with E-state index in [2.05, 4.69) is 45.4 Å². The summed E-state index contributed by atoms with van der Waals surface area (Å²) < 4.78 is 7.29. The van der Waals surface area contributed by atoms with Crippen LogP contribution in [0.15, 0.2) is 36.0 Å². The molecule has 8 heteroatoms. The topological polar surface area (TPSA) is 72.3 Å². The Labute approximate surface area is 187 Å². The molecule has 31 heavy (non-hydrogen) atoms. The van der Waals surface area contributed by atoms with Crippen LogP contribution in [0.3, 0.4) is 0 Å². The Hall–Kier alpha value is -2.71. The number of rotatable bonds is 7. The number of carbonyl (C=O) groups excluding carboxylic acids is 1. The molecule has 3 heterocycles. The second-order valence-corrected chi connectivity index (χ2v) is 9.09. The molecule has 0 unspecified atom stereocenters. The van der Waals surface area contributed by atoms with E-state index >= 15 is 0 Å². The van der Waals surface area contributed by atoms with Crippen LogP contribution in [0.2, 0.25) is 0 Å². The number of nitrogens with one attached hydrogen (secondary N) is 1. The summed E-state index contributed by atoms with van der Waals surface area (Å²) in [4.78, 5) is 19.3. The van der Waals surface area contributed by atoms with Crippen molar-refractivity contribution < 1.29 is 9.53 Å². The van der Waals surface area contributed by atoms with Gasteiger partial charge in [0.2, 0.25) is 0 Å². The molecule has 0 bridgehead atoms. The zero-order chi connectivity index (χ0) is 21.8. The fraction of sp³-hybridized carbons (Fsp3) is 0.435. The summed E-state index contributed by atoms with van der Waals surface area (Å²) in [5.74, 6) is 1.35. The predicted octanol–water partition coefficient (Wildman–Crippen LogP) is 3.90. The van der Waals surface area contributed by atoms with Gasteiger partial charge in [0.1, 0.15) is 5.75 Å². The van der Waals surface area contributed by atoms with E-state index in [1.54, 1.807) is 24.2 Å². The highest BCUT2D eigenvalue weighted by atomic mass is 32.1. The Kier molecular flexibility index (Phi) is 6.67. The van der Waals surface area contributed by atoms with Gasteiger partial charge in [-0.3, -0.25) is 19.7 Å². The molecule has 1 aliphatic rings. The lowest BCUT2D eigenvalue weighted by molar-refractivity contribution is 0.102. The standard InChI is InChI=1S/C23H29N5O2S/c1-16-4-5-18(21(12-16)30-3)14-28-9-6-17(7-10-28)13-20-19(15-27(2)26-20)22(29)25-23-24-8-11-31-23/h4-5,8,11-12,15,17H,6-7,9-10,13-14H2,1-3H3,(H,24,25,29). The number of hydrogen-bond acceptors (Lipinski definition) is 6. The highest BCUT2D eigenvalue weighted by Gasteiger charge is 2.24. The maximum atomic E-state index is 12.7. The van der Waals surface area contributed by atoms with Gasteiger partial charge in [-0.15, -0.1) is 11.3 Å². The van der Waals surface area contributed by atoms with Crippen LogP contribution >= 0.6 is 11.3 Å². The molecule has 2 aromatic heterocycles. The van der Waals surface area contributed by atoms with Gasteiger partial charge in [-0.25, -0.2) is 4.98 Å². The molecule has 0 atom stereocenters. The van der Waals surface area contributed by atoms with E-state index in [1.807, 2.05) is 12.4 Å². The molecule has 1 amide bonds. The molecule has 1 aromatic carbocycles. The van der Waals surface area contributed by atoms with E-state index in [0.29, 0.717) is 16.6 Å². The monoisotopic (exact) mass is 439 g/mol. The molecule has 4 rings (SSSR count). The van der Waals surface area contributed by atoms with Crippen LogP contribution in [0.5, 0.6) is 5.75 Å². The predicted molar refractivity (Wildman–Crippen MR) is 123 cm³/mol. The third kappa shape index (κ3) is 5.32. The SMILES string of the molecule is COc1cc(C)ccc1CN1CCC(Cc2nn(C)cc2C(=O)Nc2nccs2)CC1. The Morgan fingerprint density at radius 2 is 2.13 bits per heavy atom. The lowest BCUT2D eigenvalue weighted by Gasteiger charge is -2.32. The van der Waals surface area contributed by atoms with Crippen LogP contribution in [-0.4, -0.2) is 45.8 Å². The minimum atomic E-state index is -0.137. The number of anilines is 1. The quantitative estimate of drug-likeness (QED) is 0.604. The maximum Gasteiger partial charge on any atom is 0.260 e. The van der Waals surface area contributed by atoms with Gasteiger partial charge in [-0.2, -0.15) is 5.10 Å². The third-order valence-corrected chi connectivity index (χ3v) is 6.52. The number of benzene rings is 1. The largest absolute Gasteiger partial charge is 0.496 e. The van der Waals surface area contributed by atoms with Crippen molar-refractivity contribution in [1.82, 2.24) is 19.7 Å². The highest BCUT2D eigenvalue weighted by molar-refractivity contribution is 7.13. The fourth-order valence-corrected chi connectivity index (χ4v) is 4.69. The zero-order valence-electron chi connectivity index (χ0n) is 18.3. The van der Waals surface area contributed by atoms with E-state index in [9.17, 15) is 4.79 Å². The Bertz CT molecular complexity index is 1020. The first-order valence-corrected chi connectivity index (χ1v) is 11.5. The van der Waals surface area contributed by atoms with Gasteiger partial charge in [0.15, 0.2) is 5.13 Å². The summed E-state index contributed by atoms with van der Waals surface area (Å²) in [7, 11) is 3.60. The number of amides is 1. The number of carbonyl (C=O) groups is 1. The summed E-state index contributed by atoms with van der Waals surface area (Å²) in [6, 6.07) is 6.41. The van der Waals surface area contributed by atoms with Gasteiger partial charge in [-0.05, 0) is 56.8 Å². The molecular formula is C23H29N5O2S. The van der Waals surface area contributed by atoms with E-state index in [-0.39, 0.29) is 5.91 Å². The van der Waals surface area contributed by atoms with Crippen LogP contribution in [0.1, 0.15) is 40.0 Å². The zero-order valence-corrected chi connectivity index (χ0v) is 19.1. The number of nitrogens with zero attached hydrogens (tertiary/aromatic N) is 4. The van der Waals surface area contributed by atoms with Crippen molar-refractivity contribution in [2.24, 2.45) is 13.0 Å². The maximum absolute atomic E-state index is 12.7. The molecule has 7 nitrogen and oxygen atoms in total. The second kappa shape index (κ2) is 9.62. The summed E-state index contributed by atoms with van der Waals surface area (Å²) in [5.41, 5.74) is 3.96. The first kappa shape index (κ1) is 21.5. The highest BCUT2D eigenvalue weighted by Crippen LogP contribution is 2.27. The first-order chi connectivity index (χ1) is 15.0. The van der Waals surface area contributed by atoms with Crippen molar-refractivity contribution in [1.29, 1.82) is 0 Å². The van der Waals surface area contributed by atoms with Crippen LogP contribution in [0.25, 0.3) is 0 Å². The number of aromatic nitrogens is 3. The van der Waals surface area contributed by atoms with E-state index in [0.717, 1.165) is 50.3 Å². The summed E-state index contributed by atoms with van der Waals surface area (Å²) in [5, 5.41) is 9.91. The second-order valence-electron chi connectivity index (χ2n) is 8.19. The molecular weight excluding hydrogens is 410 g/mol. The van der Waals surface area contributed by atoms with E-state index in [4.69, 9.17) is 4.74 Å². The Morgan fingerprint density at radius 1 is 1.32 bits per heavy atom. The molecule has 1 N–H and O–H groups in total. The average molecular weight is 440 g/mol. The van der Waals surface area contributed by atoms with Crippen LogP contribution in [0.4, 0.5) is 5.13 Å². The Balaban J connectivity index is 1.35. The lowest BCUT2D eigenvalue weighted by atomic mass is 9.91. The minimum absolute atomic E-state index is 0.137. The lowest BCUT2D eigenvalue weighted by Crippen LogP contribution is -2.34. The molecule has 0 radical (unpaired) electrons. The van der Waals surface area contributed by atoms with Crippen molar-refractivity contribution in [3.8, 4) is 5.75 Å². The Morgan fingerprint density at radius 3 is 2.84 bits per heavy atom. The molecule has 1 aliphatic heterocycles. The molecule has 164 valence electrons. The molecule has 0 spiro atoms. The first-order valence-electron chi connectivity index (χ1n) is 10.6. The van der Waals surface area contributed by atoms with Crippen molar-refractivity contribution in [3.63, 3.8) is 0 Å². The van der Waals surface area contributed by atoms with Gasteiger partial charge >= 0.3 is 0 Å². The number of methoxy groups -OCH3 is 1. The minimum Gasteiger partial charge on any atom is -0.496 e. The van der Waals surface area contributed by atoms with Crippen molar-refractivity contribution in [3.05, 3.63) is 58.4 Å². The summed E-state index contributed by atoms with van der Waals surface area (Å²) in [6.45, 7) is 5.06. The number of ether oxygens (including phenoxy) is 1. The van der Waals surface area contributed by atoms with Gasteiger partial charge < -0.3 is 4.74 Å². The summed E-state index contributed by atoms with van der Waals surface area (Å²) in [6.07, 6.45) is 6.50. The molecule has 0 saturated carbocycles. The molecule has 0 aliphatic carbocycles. The van der Waals surface area contributed by atoms with Gasteiger partial charge in [-0.1, -0.05) is 12.1 Å². The number of thiazole rings is 1. The number of likely N-dealkylation sites (tertiary alicyclic amines) is 1.